The standard InChI is InChI=1S/C12H10N2O3.C11H7N3O.C5H4N2O3/c1-7-3-5-9(6-4-7)14-11(16)8(2)10(15)13-12(14)17;1-7(12-2)10-13-9-6-4-3-5-8(9)11(15)14-10;1-2-3(8)6-5(10)7-4(2)9/h3-6H,2H2,1H3,(H,13,15,17);3-6H,1H2,(H,13,14,15);1H2,(H2,6,7,8,9,10). The van der Waals surface area contributed by atoms with Gasteiger partial charge in [0.15, 0.2) is 0 Å². The number of aromatic nitrogens is 2. The van der Waals surface area contributed by atoms with Crippen molar-refractivity contribution >= 4 is 58.0 Å². The van der Waals surface area contributed by atoms with Crippen molar-refractivity contribution in [3.63, 3.8) is 0 Å². The highest BCUT2D eigenvalue weighted by Crippen LogP contribution is 2.20. The summed E-state index contributed by atoms with van der Waals surface area (Å²) in [6.45, 7) is 18.7. The summed E-state index contributed by atoms with van der Waals surface area (Å²) in [7, 11) is 0. The lowest BCUT2D eigenvalue weighted by molar-refractivity contribution is -0.125. The number of nitrogens with one attached hydrogen (secondary N) is 4. The Hall–Kier alpha value is -6.49. The zero-order valence-corrected chi connectivity index (χ0v) is 21.9. The molecule has 14 heteroatoms. The first-order valence-electron chi connectivity index (χ1n) is 11.7. The van der Waals surface area contributed by atoms with E-state index in [4.69, 9.17) is 6.57 Å². The van der Waals surface area contributed by atoms with Crippen molar-refractivity contribution in [2.45, 2.75) is 6.92 Å². The van der Waals surface area contributed by atoms with Crippen molar-refractivity contribution in [3.8, 4) is 0 Å². The molecule has 42 heavy (non-hydrogen) atoms. The molecule has 0 saturated carbocycles. The van der Waals surface area contributed by atoms with E-state index in [9.17, 15) is 33.6 Å². The number of para-hydroxylation sites is 1. The maximum absolute atomic E-state index is 11.8. The largest absolute Gasteiger partial charge is 0.335 e. The number of aryl methyl sites for hydroxylation is 1. The lowest BCUT2D eigenvalue weighted by atomic mass is 10.1. The number of benzene rings is 2. The summed E-state index contributed by atoms with van der Waals surface area (Å²) < 4.78 is 0. The molecule has 3 heterocycles. The normalized spacial score (nSPS) is 14.4. The van der Waals surface area contributed by atoms with Gasteiger partial charge < -0.3 is 4.98 Å². The van der Waals surface area contributed by atoms with Crippen molar-refractivity contribution in [1.29, 1.82) is 0 Å². The second kappa shape index (κ2) is 12.6. The molecule has 3 aromatic rings. The molecule has 2 aliphatic heterocycles. The molecule has 2 saturated heterocycles. The lowest BCUT2D eigenvalue weighted by Crippen LogP contribution is -2.54. The van der Waals surface area contributed by atoms with E-state index in [1.807, 2.05) is 17.6 Å². The van der Waals surface area contributed by atoms with Crippen molar-refractivity contribution in [2.75, 3.05) is 4.90 Å². The topological polar surface area (TPSA) is 192 Å². The fourth-order valence-electron chi connectivity index (χ4n) is 3.25. The first-order valence-corrected chi connectivity index (χ1v) is 11.7. The van der Waals surface area contributed by atoms with Gasteiger partial charge in [-0.05, 0) is 31.2 Å². The van der Waals surface area contributed by atoms with Crippen LogP contribution < -0.4 is 26.4 Å². The van der Waals surface area contributed by atoms with E-state index in [0.717, 1.165) is 10.5 Å². The predicted molar refractivity (Wildman–Crippen MR) is 150 cm³/mol. The average molecular weight is 568 g/mol. The van der Waals surface area contributed by atoms with Gasteiger partial charge in [-0.15, -0.1) is 0 Å². The third-order valence-electron chi connectivity index (χ3n) is 5.47. The second-order valence-electron chi connectivity index (χ2n) is 8.42. The van der Waals surface area contributed by atoms with Gasteiger partial charge in [0.2, 0.25) is 5.70 Å². The van der Waals surface area contributed by atoms with E-state index in [0.29, 0.717) is 16.6 Å². The van der Waals surface area contributed by atoms with E-state index in [-0.39, 0.29) is 28.2 Å². The molecular formula is C28H21N7O7. The quantitative estimate of drug-likeness (QED) is 0.205. The smallest absolute Gasteiger partial charge is 0.315 e. The Balaban J connectivity index is 0.000000179. The van der Waals surface area contributed by atoms with E-state index >= 15 is 0 Å². The average Bonchev–Trinajstić information content (AvgIpc) is 2.96. The summed E-state index contributed by atoms with van der Waals surface area (Å²) in [4.78, 5) is 88.2. The SMILES string of the molecule is C=C1C(=O)NC(=O)N(c2ccc(C)cc2)C1=O.C=C1C(=O)NC(=O)NC1=O.[C-]#[N+]C(=C)c1nc2ccccc2c(=O)[nH]1. The van der Waals surface area contributed by atoms with Crippen molar-refractivity contribution in [3.05, 3.63) is 113 Å². The monoisotopic (exact) mass is 567 g/mol. The van der Waals surface area contributed by atoms with Crippen LogP contribution in [0.25, 0.3) is 21.4 Å². The molecule has 0 aliphatic carbocycles. The Kier molecular flexibility index (Phi) is 9.00. The van der Waals surface area contributed by atoms with Gasteiger partial charge in [0.05, 0.1) is 34.3 Å². The van der Waals surface area contributed by atoms with Crippen LogP contribution in [-0.2, 0) is 19.2 Å². The molecule has 0 unspecified atom stereocenters. The number of carbonyl (C=O) groups is 6. The number of carbonyl (C=O) groups excluding carboxylic acids is 6. The van der Waals surface area contributed by atoms with Crippen LogP contribution in [0.15, 0.2) is 84.2 Å². The zero-order valence-electron chi connectivity index (χ0n) is 21.9. The number of aromatic amines is 1. The van der Waals surface area contributed by atoms with Crippen molar-refractivity contribution in [1.82, 2.24) is 25.9 Å². The first-order chi connectivity index (χ1) is 19.8. The van der Waals surface area contributed by atoms with Crippen LogP contribution in [0, 0.1) is 13.5 Å². The van der Waals surface area contributed by atoms with Gasteiger partial charge in [-0.2, -0.15) is 0 Å². The van der Waals surface area contributed by atoms with Crippen LogP contribution in [0.5, 0.6) is 0 Å². The summed E-state index contributed by atoms with van der Waals surface area (Å²) in [6, 6.07) is 12.2. The molecule has 0 bridgehead atoms. The van der Waals surface area contributed by atoms with Crippen LogP contribution >= 0.6 is 0 Å². The summed E-state index contributed by atoms with van der Waals surface area (Å²) in [5, 5.41) is 6.26. The minimum atomic E-state index is -0.803. The number of barbiturate groups is 2. The maximum atomic E-state index is 11.8. The molecule has 0 atom stereocenters. The van der Waals surface area contributed by atoms with Crippen LogP contribution in [0.4, 0.5) is 15.3 Å². The highest BCUT2D eigenvalue weighted by Gasteiger charge is 2.35. The molecule has 210 valence electrons. The molecule has 0 radical (unpaired) electrons. The highest BCUT2D eigenvalue weighted by atomic mass is 16.2. The number of hydrogen-bond donors (Lipinski definition) is 4. The third kappa shape index (κ3) is 6.74. The number of nitrogens with zero attached hydrogens (tertiary/aromatic N) is 3. The molecule has 4 N–H and O–H groups in total. The molecule has 0 spiro atoms. The summed E-state index contributed by atoms with van der Waals surface area (Å²) in [6.07, 6.45) is 0. The Labute approximate surface area is 237 Å². The maximum Gasteiger partial charge on any atom is 0.335 e. The summed E-state index contributed by atoms with van der Waals surface area (Å²) in [5.41, 5.74) is 1.38. The Morgan fingerprint density at radius 1 is 0.833 bits per heavy atom. The van der Waals surface area contributed by atoms with Gasteiger partial charge in [0.25, 0.3) is 29.2 Å². The van der Waals surface area contributed by atoms with E-state index in [1.54, 1.807) is 48.5 Å². The summed E-state index contributed by atoms with van der Waals surface area (Å²) >= 11 is 0. The fourth-order valence-corrected chi connectivity index (χ4v) is 3.25. The number of amides is 8. The number of urea groups is 2. The van der Waals surface area contributed by atoms with Gasteiger partial charge in [0.1, 0.15) is 5.82 Å². The number of H-pyrrole nitrogens is 1. The van der Waals surface area contributed by atoms with Gasteiger partial charge in [-0.1, -0.05) is 49.6 Å². The Morgan fingerprint density at radius 2 is 1.40 bits per heavy atom. The van der Waals surface area contributed by atoms with Crippen molar-refractivity contribution < 1.29 is 28.8 Å². The highest BCUT2D eigenvalue weighted by molar-refractivity contribution is 6.37. The number of anilines is 1. The molecule has 2 fully saturated rings. The van der Waals surface area contributed by atoms with Gasteiger partial charge >= 0.3 is 12.1 Å². The van der Waals surface area contributed by atoms with E-state index < -0.39 is 35.7 Å². The number of rotatable bonds is 2. The molecule has 2 aromatic carbocycles. The molecule has 14 nitrogen and oxygen atoms in total. The fraction of sp³-hybridized carbons (Fsp3) is 0.0357. The molecule has 2 aliphatic rings. The zero-order chi connectivity index (χ0) is 31.1. The van der Waals surface area contributed by atoms with Crippen LogP contribution in [0.2, 0.25) is 0 Å². The van der Waals surface area contributed by atoms with Gasteiger partial charge in [-0.3, -0.25) is 39.9 Å². The van der Waals surface area contributed by atoms with E-state index in [2.05, 4.69) is 39.9 Å². The predicted octanol–water partition coefficient (Wildman–Crippen LogP) is 1.86. The lowest BCUT2D eigenvalue weighted by Gasteiger charge is -2.25. The number of imide groups is 4. The Bertz CT molecular complexity index is 1790. The van der Waals surface area contributed by atoms with Crippen LogP contribution in [-0.4, -0.2) is 45.7 Å². The minimum Gasteiger partial charge on any atom is -0.315 e. The summed E-state index contributed by atoms with van der Waals surface area (Å²) in [5.74, 6) is -2.69. The molecule has 5 rings (SSSR count). The van der Waals surface area contributed by atoms with Gasteiger partial charge in [-0.25, -0.2) is 24.3 Å². The molecular weight excluding hydrogens is 546 g/mol. The van der Waals surface area contributed by atoms with E-state index in [1.165, 1.54) is 0 Å². The first kappa shape index (κ1) is 30.1. The van der Waals surface area contributed by atoms with Crippen LogP contribution in [0.1, 0.15) is 11.4 Å². The Morgan fingerprint density at radius 3 is 2.00 bits per heavy atom. The number of hydrogen-bond acceptors (Lipinski definition) is 8. The third-order valence-corrected chi connectivity index (χ3v) is 5.47. The molecule has 8 amide bonds. The van der Waals surface area contributed by atoms with Crippen molar-refractivity contribution in [2.24, 2.45) is 0 Å². The van der Waals surface area contributed by atoms with Gasteiger partial charge in [0, 0.05) is 0 Å². The minimum absolute atomic E-state index is 0.137. The second-order valence-corrected chi connectivity index (χ2v) is 8.42. The number of fused-ring (bicyclic) bond motifs is 1. The van der Waals surface area contributed by atoms with Crippen LogP contribution in [0.3, 0.4) is 0 Å². The molecule has 1 aromatic heterocycles.